The van der Waals surface area contributed by atoms with Crippen LogP contribution in [0.4, 0.5) is 5.69 Å². The lowest BCUT2D eigenvalue weighted by molar-refractivity contribution is -0.110. The molecule has 0 spiro atoms. The largest absolute Gasteiger partial charge is 0.348 e. The average Bonchev–Trinajstić information content (AvgIpc) is 3.52. The predicted molar refractivity (Wildman–Crippen MR) is 142 cm³/mol. The van der Waals surface area contributed by atoms with Gasteiger partial charge in [-0.05, 0) is 41.5 Å². The minimum atomic E-state index is -0.465. The van der Waals surface area contributed by atoms with Crippen LogP contribution in [0.2, 0.25) is 5.15 Å². The quantitative estimate of drug-likeness (QED) is 0.258. The SMILES string of the molecule is O=C1Nc2cc(/C=C/CNC(=O)c3cccn(Cc4ccc(Cl)nc4)c3=O)ccc2/C1=C\c1cnc[nH]1. The van der Waals surface area contributed by atoms with Crippen molar-refractivity contribution in [1.29, 1.82) is 0 Å². The number of benzene rings is 1. The van der Waals surface area contributed by atoms with E-state index in [4.69, 9.17) is 11.6 Å². The van der Waals surface area contributed by atoms with Crippen LogP contribution in [0, 0.1) is 0 Å². The van der Waals surface area contributed by atoms with Crippen LogP contribution in [0.1, 0.15) is 32.7 Å². The number of rotatable bonds is 7. The van der Waals surface area contributed by atoms with Crippen LogP contribution in [0.15, 0.2) is 78.3 Å². The molecule has 10 heteroatoms. The van der Waals surface area contributed by atoms with Crippen LogP contribution in [0.3, 0.4) is 0 Å². The third kappa shape index (κ3) is 5.41. The summed E-state index contributed by atoms with van der Waals surface area (Å²) in [5, 5.41) is 5.98. The molecule has 1 aromatic carbocycles. The van der Waals surface area contributed by atoms with Crippen LogP contribution >= 0.6 is 11.6 Å². The fourth-order valence-electron chi connectivity index (χ4n) is 3.93. The molecule has 1 aliphatic rings. The van der Waals surface area contributed by atoms with Gasteiger partial charge in [0.15, 0.2) is 0 Å². The van der Waals surface area contributed by atoms with E-state index in [9.17, 15) is 14.4 Å². The number of H-pyrrole nitrogens is 1. The Morgan fingerprint density at radius 2 is 2.03 bits per heavy atom. The van der Waals surface area contributed by atoms with Gasteiger partial charge in [0.2, 0.25) is 0 Å². The van der Waals surface area contributed by atoms with Gasteiger partial charge >= 0.3 is 0 Å². The van der Waals surface area contributed by atoms with Crippen molar-refractivity contribution < 1.29 is 9.59 Å². The lowest BCUT2D eigenvalue weighted by atomic mass is 10.0. The molecule has 184 valence electrons. The molecule has 0 saturated heterocycles. The molecule has 0 atom stereocenters. The Kier molecular flexibility index (Phi) is 6.78. The Balaban J connectivity index is 1.22. The molecule has 5 rings (SSSR count). The summed E-state index contributed by atoms with van der Waals surface area (Å²) < 4.78 is 1.45. The number of nitrogens with one attached hydrogen (secondary N) is 3. The molecule has 0 aliphatic carbocycles. The lowest BCUT2D eigenvalue weighted by Gasteiger charge is -2.08. The predicted octanol–water partition coefficient (Wildman–Crippen LogP) is 3.60. The molecule has 2 amide bonds. The first-order valence-corrected chi connectivity index (χ1v) is 11.8. The number of carbonyl (C=O) groups excluding carboxylic acids is 2. The lowest BCUT2D eigenvalue weighted by Crippen LogP contribution is -2.33. The third-order valence-corrected chi connectivity index (χ3v) is 5.97. The number of nitrogens with zero attached hydrogens (tertiary/aromatic N) is 3. The zero-order valence-electron chi connectivity index (χ0n) is 19.4. The molecule has 3 N–H and O–H groups in total. The Labute approximate surface area is 216 Å². The van der Waals surface area contributed by atoms with E-state index in [1.54, 1.807) is 55.3 Å². The maximum absolute atomic E-state index is 12.8. The van der Waals surface area contributed by atoms with Gasteiger partial charge in [-0.2, -0.15) is 0 Å². The number of halogens is 1. The molecule has 9 nitrogen and oxygen atoms in total. The van der Waals surface area contributed by atoms with Crippen molar-refractivity contribution >= 4 is 46.8 Å². The minimum absolute atomic E-state index is 0.0506. The first-order chi connectivity index (χ1) is 18.0. The first-order valence-electron chi connectivity index (χ1n) is 11.4. The van der Waals surface area contributed by atoms with Crippen LogP contribution in [0.25, 0.3) is 17.7 Å². The molecule has 0 saturated carbocycles. The van der Waals surface area contributed by atoms with Crippen molar-refractivity contribution in [2.24, 2.45) is 0 Å². The van der Waals surface area contributed by atoms with Crippen LogP contribution in [-0.2, 0) is 11.3 Å². The van der Waals surface area contributed by atoms with Crippen LogP contribution in [-0.4, -0.2) is 37.9 Å². The van der Waals surface area contributed by atoms with Gasteiger partial charge in [-0.15, -0.1) is 0 Å². The van der Waals surface area contributed by atoms with Gasteiger partial charge in [-0.25, -0.2) is 9.97 Å². The summed E-state index contributed by atoms with van der Waals surface area (Å²) in [6, 6.07) is 12.2. The zero-order chi connectivity index (χ0) is 25.8. The van der Waals surface area contributed by atoms with E-state index < -0.39 is 11.5 Å². The average molecular weight is 513 g/mol. The highest BCUT2D eigenvalue weighted by molar-refractivity contribution is 6.34. The Bertz CT molecular complexity index is 1590. The van der Waals surface area contributed by atoms with Crippen molar-refractivity contribution in [3.8, 4) is 0 Å². The van der Waals surface area contributed by atoms with Crippen molar-refractivity contribution in [2.45, 2.75) is 6.54 Å². The molecule has 37 heavy (non-hydrogen) atoms. The summed E-state index contributed by atoms with van der Waals surface area (Å²) in [7, 11) is 0. The number of anilines is 1. The molecule has 3 aromatic heterocycles. The van der Waals surface area contributed by atoms with Gasteiger partial charge in [0.05, 0.1) is 30.3 Å². The highest BCUT2D eigenvalue weighted by Gasteiger charge is 2.24. The van der Waals surface area contributed by atoms with Crippen LogP contribution < -0.4 is 16.2 Å². The first kappa shape index (κ1) is 24.0. The second-order valence-corrected chi connectivity index (χ2v) is 8.67. The minimum Gasteiger partial charge on any atom is -0.348 e. The molecular weight excluding hydrogens is 492 g/mol. The molecule has 1 aliphatic heterocycles. The fourth-order valence-corrected chi connectivity index (χ4v) is 4.04. The molecule has 4 heterocycles. The fraction of sp³-hybridized carbons (Fsp3) is 0.0741. The Morgan fingerprint density at radius 1 is 1.14 bits per heavy atom. The van der Waals surface area contributed by atoms with Gasteiger partial charge in [0.25, 0.3) is 17.4 Å². The second kappa shape index (κ2) is 10.5. The summed E-state index contributed by atoms with van der Waals surface area (Å²) in [5.74, 6) is -0.646. The van der Waals surface area contributed by atoms with E-state index in [0.29, 0.717) is 16.4 Å². The summed E-state index contributed by atoms with van der Waals surface area (Å²) in [6.45, 7) is 0.500. The number of amides is 2. The number of carbonyl (C=O) groups is 2. The van der Waals surface area contributed by atoms with Gasteiger partial charge in [0.1, 0.15) is 10.7 Å². The smallest absolute Gasteiger partial charge is 0.263 e. The number of hydrogen-bond donors (Lipinski definition) is 3. The van der Waals surface area contributed by atoms with E-state index in [-0.39, 0.29) is 24.6 Å². The summed E-state index contributed by atoms with van der Waals surface area (Å²) in [5.41, 5.74) is 4.12. The number of aromatic nitrogens is 4. The number of imidazole rings is 1. The van der Waals surface area contributed by atoms with Crippen molar-refractivity contribution in [3.63, 3.8) is 0 Å². The molecule has 0 radical (unpaired) electrons. The van der Waals surface area contributed by atoms with Gasteiger partial charge in [-0.3, -0.25) is 14.4 Å². The highest BCUT2D eigenvalue weighted by atomic mass is 35.5. The molecule has 0 bridgehead atoms. The maximum atomic E-state index is 12.8. The number of fused-ring (bicyclic) bond motifs is 1. The van der Waals surface area contributed by atoms with Crippen molar-refractivity contribution in [2.75, 3.05) is 11.9 Å². The van der Waals surface area contributed by atoms with Crippen molar-refractivity contribution in [3.05, 3.63) is 117 Å². The van der Waals surface area contributed by atoms with E-state index in [1.807, 2.05) is 24.3 Å². The molecule has 0 fully saturated rings. The maximum Gasteiger partial charge on any atom is 0.263 e. The molecular formula is C27H21ClN6O3. The van der Waals surface area contributed by atoms with E-state index >= 15 is 0 Å². The topological polar surface area (TPSA) is 122 Å². The van der Waals surface area contributed by atoms with Gasteiger partial charge < -0.3 is 20.2 Å². The zero-order valence-corrected chi connectivity index (χ0v) is 20.2. The molecule has 4 aromatic rings. The third-order valence-electron chi connectivity index (χ3n) is 5.74. The summed E-state index contributed by atoms with van der Waals surface area (Å²) in [4.78, 5) is 48.8. The molecule has 0 unspecified atom stereocenters. The van der Waals surface area contributed by atoms with Gasteiger partial charge in [0, 0.05) is 30.2 Å². The number of hydrogen-bond acceptors (Lipinski definition) is 5. The number of pyridine rings is 2. The van der Waals surface area contributed by atoms with Crippen molar-refractivity contribution in [1.82, 2.24) is 24.8 Å². The van der Waals surface area contributed by atoms with E-state index in [2.05, 4.69) is 25.6 Å². The summed E-state index contributed by atoms with van der Waals surface area (Å²) >= 11 is 5.81. The van der Waals surface area contributed by atoms with Crippen LogP contribution in [0.5, 0.6) is 0 Å². The monoisotopic (exact) mass is 512 g/mol. The standard InChI is InChI=1S/C27H21ClN6O3/c28-24-8-6-18(13-31-24)15-34-10-2-4-21(27(34)37)25(35)30-9-1-3-17-5-7-20-22(12-19-14-29-16-32-19)26(36)33-23(20)11-17/h1-8,10-14,16H,9,15H2,(H,29,32)(H,30,35)(H,33,36)/b3-1+,22-12+. The summed E-state index contributed by atoms with van der Waals surface area (Å²) in [6.07, 6.45) is 11.8. The van der Waals surface area contributed by atoms with Gasteiger partial charge in [-0.1, -0.05) is 42.0 Å². The van der Waals surface area contributed by atoms with E-state index in [1.165, 1.54) is 10.6 Å². The Morgan fingerprint density at radius 3 is 2.81 bits per heavy atom. The Hall–Kier alpha value is -4.76. The number of aromatic amines is 1. The second-order valence-electron chi connectivity index (χ2n) is 8.28. The highest BCUT2D eigenvalue weighted by Crippen LogP contribution is 2.33. The normalized spacial score (nSPS) is 13.6. The van der Waals surface area contributed by atoms with E-state index in [0.717, 1.165) is 22.4 Å².